The van der Waals surface area contributed by atoms with Crippen LogP contribution in [0.1, 0.15) is 11.1 Å². The minimum absolute atomic E-state index is 0.113. The predicted molar refractivity (Wildman–Crippen MR) is 70.7 cm³/mol. The number of nitrogen functional groups attached to an aromatic ring is 1. The first-order valence-electron chi connectivity index (χ1n) is 5.74. The van der Waals surface area contributed by atoms with Gasteiger partial charge in [0.1, 0.15) is 11.6 Å². The number of phenols is 1. The van der Waals surface area contributed by atoms with Crippen molar-refractivity contribution in [1.82, 2.24) is 9.78 Å². The number of phenolic OH excluding ortho intramolecular Hbond substituents is 1. The van der Waals surface area contributed by atoms with E-state index in [4.69, 9.17) is 10.5 Å². The zero-order chi connectivity index (χ0) is 14.3. The third kappa shape index (κ3) is 1.89. The highest BCUT2D eigenvalue weighted by atomic mass is 19.1. The summed E-state index contributed by atoms with van der Waals surface area (Å²) in [5.41, 5.74) is 7.00. The summed E-state index contributed by atoms with van der Waals surface area (Å²) in [7, 11) is 3.06. The number of halogens is 1. The minimum atomic E-state index is -0.422. The molecule has 19 heavy (non-hydrogen) atoms. The second-order valence-corrected chi connectivity index (χ2v) is 4.40. The fourth-order valence-corrected chi connectivity index (χ4v) is 2.13. The number of aromatic hydroxyl groups is 1. The van der Waals surface area contributed by atoms with Crippen LogP contribution in [0, 0.1) is 19.7 Å². The minimum Gasteiger partial charge on any atom is -0.504 e. The summed E-state index contributed by atoms with van der Waals surface area (Å²) in [5.74, 6) is -0.0121. The van der Waals surface area contributed by atoms with E-state index in [1.54, 1.807) is 27.0 Å². The Morgan fingerprint density at radius 3 is 2.47 bits per heavy atom. The standard InChI is InChI=1S/C13H16FN3O2/c1-6-10(8-5-9(15)17(3)16-8)12(18)13(19-4)7(2)11(6)14/h5,18H,15H2,1-4H3. The summed E-state index contributed by atoms with van der Waals surface area (Å²) in [4.78, 5) is 0. The number of ether oxygens (including phenoxy) is 1. The Hall–Kier alpha value is -2.24. The van der Waals surface area contributed by atoms with Crippen molar-refractivity contribution in [2.24, 2.45) is 7.05 Å². The average molecular weight is 265 g/mol. The molecule has 0 unspecified atom stereocenters. The van der Waals surface area contributed by atoms with Gasteiger partial charge in [-0.2, -0.15) is 5.10 Å². The molecule has 0 spiro atoms. The van der Waals surface area contributed by atoms with Crippen LogP contribution >= 0.6 is 0 Å². The second-order valence-electron chi connectivity index (χ2n) is 4.40. The summed E-state index contributed by atoms with van der Waals surface area (Å²) < 4.78 is 20.7. The number of hydrogen-bond donors (Lipinski definition) is 2. The Morgan fingerprint density at radius 2 is 2.00 bits per heavy atom. The molecular formula is C13H16FN3O2. The van der Waals surface area contributed by atoms with Crippen LogP contribution in [0.3, 0.4) is 0 Å². The van der Waals surface area contributed by atoms with Crippen LogP contribution in [-0.4, -0.2) is 22.0 Å². The van der Waals surface area contributed by atoms with Gasteiger partial charge in [-0.05, 0) is 19.4 Å². The van der Waals surface area contributed by atoms with Crippen LogP contribution in [0.15, 0.2) is 6.07 Å². The van der Waals surface area contributed by atoms with E-state index in [1.165, 1.54) is 11.8 Å². The summed E-state index contributed by atoms with van der Waals surface area (Å²) >= 11 is 0. The highest BCUT2D eigenvalue weighted by Crippen LogP contribution is 2.43. The van der Waals surface area contributed by atoms with Gasteiger partial charge in [0.15, 0.2) is 11.5 Å². The van der Waals surface area contributed by atoms with Crippen molar-refractivity contribution in [3.63, 3.8) is 0 Å². The molecule has 0 fully saturated rings. The fourth-order valence-electron chi connectivity index (χ4n) is 2.13. The van der Waals surface area contributed by atoms with Crippen LogP contribution in [0.25, 0.3) is 11.3 Å². The zero-order valence-corrected chi connectivity index (χ0v) is 11.3. The van der Waals surface area contributed by atoms with E-state index in [0.717, 1.165) is 0 Å². The average Bonchev–Trinajstić information content (AvgIpc) is 2.67. The molecule has 0 bridgehead atoms. The van der Waals surface area contributed by atoms with Gasteiger partial charge in [0.2, 0.25) is 0 Å². The van der Waals surface area contributed by atoms with Gasteiger partial charge in [-0.15, -0.1) is 0 Å². The molecule has 0 amide bonds. The van der Waals surface area contributed by atoms with Gasteiger partial charge in [-0.3, -0.25) is 4.68 Å². The Balaban J connectivity index is 2.80. The number of aryl methyl sites for hydroxylation is 1. The number of aromatic nitrogens is 2. The number of rotatable bonds is 2. The Morgan fingerprint density at radius 1 is 1.37 bits per heavy atom. The van der Waals surface area contributed by atoms with Crippen molar-refractivity contribution >= 4 is 5.82 Å². The van der Waals surface area contributed by atoms with Crippen LogP contribution in [0.2, 0.25) is 0 Å². The number of nitrogens with two attached hydrogens (primary N) is 1. The first-order chi connectivity index (χ1) is 8.88. The topological polar surface area (TPSA) is 73.3 Å². The van der Waals surface area contributed by atoms with E-state index < -0.39 is 5.82 Å². The van der Waals surface area contributed by atoms with Gasteiger partial charge in [0, 0.05) is 18.7 Å². The number of nitrogens with zero attached hydrogens (tertiary/aromatic N) is 2. The molecule has 1 aromatic carbocycles. The smallest absolute Gasteiger partial charge is 0.168 e. The van der Waals surface area contributed by atoms with Gasteiger partial charge in [-0.25, -0.2) is 4.39 Å². The zero-order valence-electron chi connectivity index (χ0n) is 11.3. The summed E-state index contributed by atoms with van der Waals surface area (Å²) in [6, 6.07) is 1.58. The molecule has 0 atom stereocenters. The molecule has 0 saturated heterocycles. The monoisotopic (exact) mass is 265 g/mol. The van der Waals surface area contributed by atoms with Crippen LogP contribution in [0.5, 0.6) is 11.5 Å². The van der Waals surface area contributed by atoms with E-state index in [-0.39, 0.29) is 17.1 Å². The van der Waals surface area contributed by atoms with E-state index in [0.29, 0.717) is 22.6 Å². The molecule has 3 N–H and O–H groups in total. The third-order valence-electron chi connectivity index (χ3n) is 3.20. The molecule has 0 radical (unpaired) electrons. The number of methoxy groups -OCH3 is 1. The van der Waals surface area contributed by atoms with Gasteiger partial charge in [-0.1, -0.05) is 0 Å². The first-order valence-corrected chi connectivity index (χ1v) is 5.74. The summed E-state index contributed by atoms with van der Waals surface area (Å²) in [6.07, 6.45) is 0. The molecule has 2 aromatic rings. The number of hydrogen-bond acceptors (Lipinski definition) is 4. The molecule has 102 valence electrons. The molecule has 0 aliphatic heterocycles. The SMILES string of the molecule is COc1c(C)c(F)c(C)c(-c2cc(N)n(C)n2)c1O. The van der Waals surface area contributed by atoms with Crippen molar-refractivity contribution in [2.75, 3.05) is 12.8 Å². The van der Waals surface area contributed by atoms with E-state index in [2.05, 4.69) is 5.10 Å². The lowest BCUT2D eigenvalue weighted by atomic mass is 9.99. The molecule has 1 heterocycles. The van der Waals surface area contributed by atoms with Gasteiger partial charge < -0.3 is 15.6 Å². The molecular weight excluding hydrogens is 249 g/mol. The second kappa shape index (κ2) is 4.46. The Kier molecular flexibility index (Phi) is 3.09. The molecule has 5 nitrogen and oxygen atoms in total. The number of anilines is 1. The molecule has 0 aliphatic carbocycles. The predicted octanol–water partition coefficient (Wildman–Crippen LogP) is 2.14. The van der Waals surface area contributed by atoms with Crippen LogP contribution < -0.4 is 10.5 Å². The summed E-state index contributed by atoms with van der Waals surface area (Å²) in [5, 5.41) is 14.4. The molecule has 0 aliphatic rings. The van der Waals surface area contributed by atoms with Crippen molar-refractivity contribution in [2.45, 2.75) is 13.8 Å². The normalized spacial score (nSPS) is 10.8. The van der Waals surface area contributed by atoms with Gasteiger partial charge in [0.05, 0.1) is 18.4 Å². The van der Waals surface area contributed by atoms with E-state index >= 15 is 0 Å². The number of benzene rings is 1. The highest BCUT2D eigenvalue weighted by molar-refractivity contribution is 5.77. The lowest BCUT2D eigenvalue weighted by molar-refractivity contribution is 0.367. The van der Waals surface area contributed by atoms with Gasteiger partial charge >= 0.3 is 0 Å². The van der Waals surface area contributed by atoms with Crippen molar-refractivity contribution in [1.29, 1.82) is 0 Å². The quantitative estimate of drug-likeness (QED) is 0.872. The lowest BCUT2D eigenvalue weighted by Crippen LogP contribution is -1.99. The fraction of sp³-hybridized carbons (Fsp3) is 0.308. The maximum atomic E-state index is 14.2. The van der Waals surface area contributed by atoms with Crippen molar-refractivity contribution < 1.29 is 14.2 Å². The highest BCUT2D eigenvalue weighted by Gasteiger charge is 2.23. The largest absolute Gasteiger partial charge is 0.504 e. The lowest BCUT2D eigenvalue weighted by Gasteiger charge is -2.14. The molecule has 1 aromatic heterocycles. The Labute approximate surface area is 110 Å². The van der Waals surface area contributed by atoms with Crippen molar-refractivity contribution in [3.8, 4) is 22.8 Å². The summed E-state index contributed by atoms with van der Waals surface area (Å²) in [6.45, 7) is 3.14. The molecule has 2 rings (SSSR count). The third-order valence-corrected chi connectivity index (χ3v) is 3.20. The van der Waals surface area contributed by atoms with Crippen LogP contribution in [0.4, 0.5) is 10.2 Å². The maximum Gasteiger partial charge on any atom is 0.168 e. The Bertz CT molecular complexity index is 631. The first kappa shape index (κ1) is 13.2. The van der Waals surface area contributed by atoms with Crippen molar-refractivity contribution in [3.05, 3.63) is 23.0 Å². The van der Waals surface area contributed by atoms with Crippen LogP contribution in [-0.2, 0) is 7.05 Å². The van der Waals surface area contributed by atoms with Gasteiger partial charge in [0.25, 0.3) is 0 Å². The van der Waals surface area contributed by atoms with E-state index in [9.17, 15) is 9.50 Å². The molecule has 6 heteroatoms. The molecule has 0 saturated carbocycles. The maximum absolute atomic E-state index is 14.2. The van der Waals surface area contributed by atoms with E-state index in [1.807, 2.05) is 0 Å².